The lowest BCUT2D eigenvalue weighted by atomic mass is 9.53. The van der Waals surface area contributed by atoms with Gasteiger partial charge in [0.05, 0.1) is 0 Å². The van der Waals surface area contributed by atoms with Crippen molar-refractivity contribution < 1.29 is 27.6 Å². The van der Waals surface area contributed by atoms with Crippen molar-refractivity contribution in [1.29, 1.82) is 0 Å². The molecule has 5 aliphatic rings. The van der Waals surface area contributed by atoms with E-state index in [0.29, 0.717) is 35.3 Å². The summed E-state index contributed by atoms with van der Waals surface area (Å²) in [6, 6.07) is 7.50. The number of nitrogens with zero attached hydrogens (tertiary/aromatic N) is 4. The highest BCUT2D eigenvalue weighted by Gasteiger charge is 2.54. The van der Waals surface area contributed by atoms with E-state index in [1.54, 1.807) is 13.8 Å². The van der Waals surface area contributed by atoms with Gasteiger partial charge < -0.3 is 18.9 Å². The van der Waals surface area contributed by atoms with Gasteiger partial charge in [0.15, 0.2) is 5.82 Å². The highest BCUT2D eigenvalue weighted by Crippen LogP contribution is 2.58. The Labute approximate surface area is 243 Å². The standard InChI is InChI=1S/C32H38F2N4O4/c1-30(2,40)24-17-41-27(35-24)20-4-3-5-23(16-20)38(28(39)22-14-21(15-22)25(33)34)18-31-8-11-32(12-9-31,13-10-31)29-36-26(37-42-29)19-6-7-19/h3-5,16-17,19,21-22,25,40H,6-15,18H2,1-2H3. The Morgan fingerprint density at radius 2 is 1.83 bits per heavy atom. The van der Waals surface area contributed by atoms with Crippen molar-refractivity contribution in [3.63, 3.8) is 0 Å². The Bertz CT molecular complexity index is 1440. The molecule has 2 heterocycles. The van der Waals surface area contributed by atoms with Gasteiger partial charge in [-0.2, -0.15) is 4.98 Å². The predicted molar refractivity (Wildman–Crippen MR) is 150 cm³/mol. The van der Waals surface area contributed by atoms with Crippen molar-refractivity contribution in [3.8, 4) is 11.5 Å². The first-order valence-corrected chi connectivity index (χ1v) is 15.3. The van der Waals surface area contributed by atoms with E-state index in [4.69, 9.17) is 13.9 Å². The zero-order chi connectivity index (χ0) is 29.3. The number of fused-ring (bicyclic) bond motifs is 3. The van der Waals surface area contributed by atoms with Gasteiger partial charge in [-0.3, -0.25) is 4.79 Å². The molecule has 224 valence electrons. The third kappa shape index (κ3) is 4.95. The zero-order valence-electron chi connectivity index (χ0n) is 24.2. The molecule has 0 aliphatic heterocycles. The van der Waals surface area contributed by atoms with Crippen molar-refractivity contribution in [2.24, 2.45) is 17.3 Å². The number of oxazole rings is 1. The zero-order valence-corrected chi connectivity index (χ0v) is 24.2. The van der Waals surface area contributed by atoms with Crippen LogP contribution >= 0.6 is 0 Å². The Morgan fingerprint density at radius 3 is 2.45 bits per heavy atom. The van der Waals surface area contributed by atoms with Crippen molar-refractivity contribution in [2.45, 2.75) is 101 Å². The number of anilines is 1. The van der Waals surface area contributed by atoms with Crippen LogP contribution < -0.4 is 4.90 Å². The first-order chi connectivity index (χ1) is 20.0. The number of rotatable bonds is 9. The van der Waals surface area contributed by atoms with E-state index in [0.717, 1.165) is 63.1 Å². The lowest BCUT2D eigenvalue weighted by Gasteiger charge is -2.53. The maximum atomic E-state index is 14.0. The highest BCUT2D eigenvalue weighted by molar-refractivity contribution is 5.96. The molecule has 10 heteroatoms. The number of alkyl halides is 2. The van der Waals surface area contributed by atoms with Crippen molar-refractivity contribution in [3.05, 3.63) is 47.9 Å². The van der Waals surface area contributed by atoms with Gasteiger partial charge in [0.1, 0.15) is 17.6 Å². The third-order valence-corrected chi connectivity index (χ3v) is 10.4. The van der Waals surface area contributed by atoms with Crippen LogP contribution in [0.1, 0.15) is 101 Å². The van der Waals surface area contributed by atoms with Crippen LogP contribution in [-0.4, -0.2) is 39.1 Å². The first-order valence-electron chi connectivity index (χ1n) is 15.3. The summed E-state index contributed by atoms with van der Waals surface area (Å²) in [5, 5.41) is 14.6. The largest absolute Gasteiger partial charge is 0.444 e. The first kappa shape index (κ1) is 27.7. The molecule has 0 saturated heterocycles. The number of halogens is 2. The minimum atomic E-state index is -2.39. The van der Waals surface area contributed by atoms with Crippen LogP contribution in [0.25, 0.3) is 11.5 Å². The molecule has 5 fully saturated rings. The van der Waals surface area contributed by atoms with Crippen molar-refractivity contribution in [2.75, 3.05) is 11.4 Å². The van der Waals surface area contributed by atoms with Crippen LogP contribution in [0.4, 0.5) is 14.5 Å². The third-order valence-electron chi connectivity index (χ3n) is 10.4. The van der Waals surface area contributed by atoms with Gasteiger partial charge in [-0.15, -0.1) is 0 Å². The number of amides is 1. The summed E-state index contributed by atoms with van der Waals surface area (Å²) in [6.07, 6.45) is 7.40. The molecule has 2 bridgehead atoms. The molecule has 1 aromatic carbocycles. The quantitative estimate of drug-likeness (QED) is 0.299. The number of aliphatic hydroxyl groups is 1. The molecule has 0 atom stereocenters. The van der Waals surface area contributed by atoms with E-state index in [-0.39, 0.29) is 29.6 Å². The Balaban J connectivity index is 1.14. The molecule has 0 unspecified atom stereocenters. The van der Waals surface area contributed by atoms with E-state index >= 15 is 0 Å². The van der Waals surface area contributed by atoms with Gasteiger partial charge in [-0.25, -0.2) is 13.8 Å². The molecular formula is C32H38F2N4O4. The number of hydrogen-bond acceptors (Lipinski definition) is 7. The fourth-order valence-corrected chi connectivity index (χ4v) is 7.19. The molecule has 2 aromatic heterocycles. The van der Waals surface area contributed by atoms with E-state index in [1.165, 1.54) is 6.26 Å². The molecule has 1 N–H and O–H groups in total. The van der Waals surface area contributed by atoms with E-state index < -0.39 is 23.9 Å². The lowest BCUT2D eigenvalue weighted by Crippen LogP contribution is -2.53. The molecular weight excluding hydrogens is 542 g/mol. The van der Waals surface area contributed by atoms with Crippen LogP contribution in [0.5, 0.6) is 0 Å². The van der Waals surface area contributed by atoms with Crippen molar-refractivity contribution >= 4 is 11.6 Å². The second-order valence-electron chi connectivity index (χ2n) is 13.8. The molecule has 42 heavy (non-hydrogen) atoms. The van der Waals surface area contributed by atoms with E-state index in [9.17, 15) is 18.7 Å². The number of aromatic nitrogens is 3. The summed E-state index contributed by atoms with van der Waals surface area (Å²) in [7, 11) is 0. The van der Waals surface area contributed by atoms with Gasteiger partial charge in [-0.1, -0.05) is 11.2 Å². The molecule has 8 nitrogen and oxygen atoms in total. The van der Waals surface area contributed by atoms with Crippen LogP contribution in [0.15, 0.2) is 39.5 Å². The Hall–Kier alpha value is -3.14. The molecule has 8 rings (SSSR count). The lowest BCUT2D eigenvalue weighted by molar-refractivity contribution is -0.129. The number of carbonyl (C=O) groups excluding carboxylic acids is 1. The average Bonchev–Trinajstić information content (AvgIpc) is 3.44. The maximum Gasteiger partial charge on any atom is 0.241 e. The molecule has 3 aromatic rings. The molecule has 0 spiro atoms. The fraction of sp³-hybridized carbons (Fsp3) is 0.625. The summed E-state index contributed by atoms with van der Waals surface area (Å²) in [4.78, 5) is 25.1. The normalized spacial score (nSPS) is 29.1. The topological polar surface area (TPSA) is 105 Å². The molecule has 1 amide bonds. The second-order valence-corrected chi connectivity index (χ2v) is 13.8. The summed E-state index contributed by atoms with van der Waals surface area (Å²) >= 11 is 0. The average molecular weight is 581 g/mol. The van der Waals surface area contributed by atoms with Crippen LogP contribution in [0.2, 0.25) is 0 Å². The maximum absolute atomic E-state index is 14.0. The molecule has 5 saturated carbocycles. The smallest absolute Gasteiger partial charge is 0.241 e. The number of benzene rings is 1. The summed E-state index contributed by atoms with van der Waals surface area (Å²) in [6.45, 7) is 3.83. The summed E-state index contributed by atoms with van der Waals surface area (Å²) in [5.41, 5.74) is 0.522. The van der Waals surface area contributed by atoms with Crippen molar-refractivity contribution in [1.82, 2.24) is 15.1 Å². The van der Waals surface area contributed by atoms with Crippen LogP contribution in [-0.2, 0) is 15.8 Å². The summed E-state index contributed by atoms with van der Waals surface area (Å²) < 4.78 is 38.1. The Kier molecular flexibility index (Phi) is 6.56. The highest BCUT2D eigenvalue weighted by atomic mass is 19.3. The van der Waals surface area contributed by atoms with Crippen LogP contribution in [0.3, 0.4) is 0 Å². The van der Waals surface area contributed by atoms with Gasteiger partial charge in [0.25, 0.3) is 0 Å². The molecule has 0 radical (unpaired) electrons. The number of carbonyl (C=O) groups is 1. The van der Waals surface area contributed by atoms with Gasteiger partial charge >= 0.3 is 0 Å². The second kappa shape index (κ2) is 9.96. The predicted octanol–water partition coefficient (Wildman–Crippen LogP) is 6.75. The molecule has 5 aliphatic carbocycles. The minimum Gasteiger partial charge on any atom is -0.444 e. The fourth-order valence-electron chi connectivity index (χ4n) is 7.19. The van der Waals surface area contributed by atoms with E-state index in [2.05, 4.69) is 10.1 Å². The number of hydrogen-bond donors (Lipinski definition) is 1. The van der Waals surface area contributed by atoms with Gasteiger partial charge in [0.2, 0.25) is 24.1 Å². The van der Waals surface area contributed by atoms with E-state index in [1.807, 2.05) is 29.2 Å². The summed E-state index contributed by atoms with van der Waals surface area (Å²) in [5.74, 6) is 1.23. The van der Waals surface area contributed by atoms with Gasteiger partial charge in [-0.05, 0) is 102 Å². The van der Waals surface area contributed by atoms with Crippen LogP contribution in [0, 0.1) is 17.3 Å². The monoisotopic (exact) mass is 580 g/mol. The Morgan fingerprint density at radius 1 is 1.12 bits per heavy atom. The van der Waals surface area contributed by atoms with Gasteiger partial charge in [0, 0.05) is 41.0 Å². The minimum absolute atomic E-state index is 0.0599. The SMILES string of the molecule is CC(C)(O)c1coc(-c2cccc(N(CC34CCC(c5nc(C6CC6)no5)(CC3)CC4)C(=O)C3CC(C(F)F)C3)c2)n1.